The van der Waals surface area contributed by atoms with E-state index in [4.69, 9.17) is 4.55 Å². The van der Waals surface area contributed by atoms with Gasteiger partial charge in [0.05, 0.1) is 16.3 Å². The maximum absolute atomic E-state index is 12.6. The summed E-state index contributed by atoms with van der Waals surface area (Å²) in [6.45, 7) is 0. The zero-order valence-corrected chi connectivity index (χ0v) is 16.1. The number of nitrogens with zero attached hydrogens (tertiary/aromatic N) is 1. The van der Waals surface area contributed by atoms with Gasteiger partial charge >= 0.3 is 16.3 Å². The Morgan fingerprint density at radius 2 is 1.55 bits per heavy atom. The lowest BCUT2D eigenvalue weighted by molar-refractivity contribution is 0.252. The summed E-state index contributed by atoms with van der Waals surface area (Å²) in [6.07, 6.45) is 0. The van der Waals surface area contributed by atoms with Crippen molar-refractivity contribution in [3.8, 4) is 5.75 Å². The van der Waals surface area contributed by atoms with E-state index >= 15 is 0 Å². The van der Waals surface area contributed by atoms with E-state index in [0.717, 1.165) is 17.0 Å². The van der Waals surface area contributed by atoms with Crippen LogP contribution in [0.15, 0.2) is 65.6 Å². The molecule has 0 aromatic heterocycles. The Morgan fingerprint density at radius 3 is 2.14 bits per heavy atom. The second-order valence-corrected chi connectivity index (χ2v) is 8.42. The molecule has 0 spiro atoms. The highest BCUT2D eigenvalue weighted by atomic mass is 32.2. The number of carbonyl (C=O) groups is 1. The SMILES string of the molecule is O=C(NS(=O)(=O)O)N(c1ccccc1)c1cccc2cc(S(=O)(=O)O)cc(O)c12. The molecule has 0 unspecified atom stereocenters. The minimum atomic E-state index is -4.89. The summed E-state index contributed by atoms with van der Waals surface area (Å²) in [5.74, 6) is -0.577. The van der Waals surface area contributed by atoms with Crippen LogP contribution in [0.5, 0.6) is 5.75 Å². The topological polar surface area (TPSA) is 161 Å². The lowest BCUT2D eigenvalue weighted by atomic mass is 10.1. The first kappa shape index (κ1) is 20.5. The molecule has 0 saturated heterocycles. The van der Waals surface area contributed by atoms with Crippen LogP contribution in [0, 0.1) is 0 Å². The second kappa shape index (κ2) is 7.33. The normalized spacial score (nSPS) is 11.9. The lowest BCUT2D eigenvalue weighted by Gasteiger charge is -2.24. The van der Waals surface area contributed by atoms with E-state index in [1.54, 1.807) is 18.2 Å². The third-order valence-corrected chi connectivity index (χ3v) is 5.14. The molecule has 29 heavy (non-hydrogen) atoms. The molecule has 0 radical (unpaired) electrons. The number of fused-ring (bicyclic) bond motifs is 1. The predicted molar refractivity (Wildman–Crippen MR) is 104 cm³/mol. The van der Waals surface area contributed by atoms with Crippen LogP contribution in [0.25, 0.3) is 10.8 Å². The molecule has 10 nitrogen and oxygen atoms in total. The molecule has 0 fully saturated rings. The molecule has 0 aliphatic rings. The van der Waals surface area contributed by atoms with Crippen LogP contribution in [0.4, 0.5) is 16.2 Å². The van der Waals surface area contributed by atoms with Gasteiger partial charge in [-0.25, -0.2) is 9.52 Å². The van der Waals surface area contributed by atoms with Gasteiger partial charge in [0.2, 0.25) is 0 Å². The third kappa shape index (κ3) is 4.46. The summed E-state index contributed by atoms with van der Waals surface area (Å²) >= 11 is 0. The van der Waals surface area contributed by atoms with Gasteiger partial charge in [-0.2, -0.15) is 16.8 Å². The van der Waals surface area contributed by atoms with Crippen molar-refractivity contribution in [2.75, 3.05) is 4.90 Å². The van der Waals surface area contributed by atoms with Gasteiger partial charge < -0.3 is 5.11 Å². The number of rotatable bonds is 4. The summed E-state index contributed by atoms with van der Waals surface area (Å²) in [7, 11) is -9.50. The van der Waals surface area contributed by atoms with E-state index in [2.05, 4.69) is 0 Å². The van der Waals surface area contributed by atoms with Gasteiger partial charge in [-0.05, 0) is 29.7 Å². The first-order chi connectivity index (χ1) is 13.5. The number of hydrogen-bond acceptors (Lipinski definition) is 6. The van der Waals surface area contributed by atoms with Crippen molar-refractivity contribution in [1.82, 2.24) is 4.72 Å². The number of benzene rings is 3. The van der Waals surface area contributed by atoms with E-state index in [0.29, 0.717) is 0 Å². The van der Waals surface area contributed by atoms with Gasteiger partial charge in [0.15, 0.2) is 0 Å². The lowest BCUT2D eigenvalue weighted by Crippen LogP contribution is -2.40. The molecule has 3 aromatic carbocycles. The van der Waals surface area contributed by atoms with E-state index < -0.39 is 37.1 Å². The van der Waals surface area contributed by atoms with Crippen molar-refractivity contribution in [2.24, 2.45) is 0 Å². The third-order valence-electron chi connectivity index (χ3n) is 3.88. The molecule has 0 heterocycles. The molecular weight excluding hydrogens is 424 g/mol. The summed E-state index contributed by atoms with van der Waals surface area (Å²) in [4.78, 5) is 12.9. The number of phenols is 1. The molecule has 2 amide bonds. The Kier molecular flexibility index (Phi) is 5.19. The van der Waals surface area contributed by atoms with Gasteiger partial charge in [0.25, 0.3) is 10.1 Å². The van der Waals surface area contributed by atoms with E-state index in [9.17, 15) is 31.3 Å². The number of phenolic OH excluding ortho intramolecular Hbond substituents is 1. The molecule has 3 aromatic rings. The minimum Gasteiger partial charge on any atom is -0.507 e. The number of urea groups is 1. The fourth-order valence-corrected chi connectivity index (χ4v) is 3.64. The van der Waals surface area contributed by atoms with Crippen LogP contribution in [-0.4, -0.2) is 37.1 Å². The molecule has 4 N–H and O–H groups in total. The highest BCUT2D eigenvalue weighted by Gasteiger charge is 2.25. The molecule has 0 bridgehead atoms. The average molecular weight is 438 g/mol. The van der Waals surface area contributed by atoms with Crippen molar-refractivity contribution in [2.45, 2.75) is 4.90 Å². The molecular formula is C17H14N2O8S2. The average Bonchev–Trinajstić information content (AvgIpc) is 2.60. The maximum atomic E-state index is 12.6. The van der Waals surface area contributed by atoms with Gasteiger partial charge in [-0.1, -0.05) is 30.3 Å². The van der Waals surface area contributed by atoms with Crippen molar-refractivity contribution in [3.05, 3.63) is 60.7 Å². The highest BCUT2D eigenvalue weighted by Crippen LogP contribution is 2.39. The first-order valence-electron chi connectivity index (χ1n) is 7.85. The van der Waals surface area contributed by atoms with Crippen molar-refractivity contribution in [3.63, 3.8) is 0 Å². The zero-order valence-electron chi connectivity index (χ0n) is 14.4. The largest absolute Gasteiger partial charge is 0.507 e. The van der Waals surface area contributed by atoms with Crippen LogP contribution in [0.1, 0.15) is 0 Å². The highest BCUT2D eigenvalue weighted by molar-refractivity contribution is 7.85. The van der Waals surface area contributed by atoms with Crippen LogP contribution in [0.2, 0.25) is 0 Å². The Hall–Kier alpha value is -3.19. The monoisotopic (exact) mass is 438 g/mol. The van der Waals surface area contributed by atoms with Crippen LogP contribution in [-0.2, 0) is 20.4 Å². The number of carbonyl (C=O) groups excluding carboxylic acids is 1. The fourth-order valence-electron chi connectivity index (χ4n) is 2.79. The molecule has 0 atom stereocenters. The smallest absolute Gasteiger partial charge is 0.361 e. The molecule has 3 rings (SSSR count). The molecule has 0 saturated carbocycles. The Morgan fingerprint density at radius 1 is 0.897 bits per heavy atom. The Labute approximate surface area is 165 Å². The minimum absolute atomic E-state index is 0.00534. The fraction of sp³-hybridized carbons (Fsp3) is 0. The Balaban J connectivity index is 2.30. The van der Waals surface area contributed by atoms with Crippen molar-refractivity contribution >= 4 is 48.6 Å². The summed E-state index contributed by atoms with van der Waals surface area (Å²) in [5, 5.41) is 10.6. The number of para-hydroxylation sites is 1. The van der Waals surface area contributed by atoms with E-state index in [1.165, 1.54) is 35.1 Å². The van der Waals surface area contributed by atoms with Crippen molar-refractivity contribution in [1.29, 1.82) is 0 Å². The molecule has 152 valence electrons. The number of aromatic hydroxyl groups is 1. The number of anilines is 2. The molecule has 12 heteroatoms. The van der Waals surface area contributed by atoms with Gasteiger partial charge in [0.1, 0.15) is 5.75 Å². The standard InChI is InChI=1S/C17H14N2O8S2/c20-15-10-13(28(22,23)24)9-11-5-4-8-14(16(11)15)19(12-6-2-1-3-7-12)17(21)18-29(25,26)27/h1-10,20H,(H,18,21)(H,22,23,24)(H,25,26,27). The predicted octanol–water partition coefficient (Wildman–Crippen LogP) is 2.44. The summed E-state index contributed by atoms with van der Waals surface area (Å²) < 4.78 is 64.8. The number of hydrogen-bond donors (Lipinski definition) is 4. The quantitative estimate of drug-likeness (QED) is 0.452. The zero-order chi connectivity index (χ0) is 21.4. The van der Waals surface area contributed by atoms with Gasteiger partial charge in [-0.3, -0.25) is 14.0 Å². The summed E-state index contributed by atoms with van der Waals surface area (Å²) in [6, 6.07) is 12.6. The van der Waals surface area contributed by atoms with E-state index in [-0.39, 0.29) is 22.1 Å². The summed E-state index contributed by atoms with van der Waals surface area (Å²) in [5.41, 5.74) is 0.189. The second-order valence-electron chi connectivity index (χ2n) is 5.85. The van der Waals surface area contributed by atoms with Crippen LogP contribution < -0.4 is 9.62 Å². The number of nitrogens with one attached hydrogen (secondary N) is 1. The molecule has 0 aliphatic heterocycles. The van der Waals surface area contributed by atoms with E-state index in [1.807, 2.05) is 0 Å². The maximum Gasteiger partial charge on any atom is 0.361 e. The molecule has 0 aliphatic carbocycles. The van der Waals surface area contributed by atoms with Gasteiger partial charge in [-0.15, -0.1) is 0 Å². The Bertz CT molecular complexity index is 1310. The first-order valence-corrected chi connectivity index (χ1v) is 10.7. The van der Waals surface area contributed by atoms with Crippen LogP contribution in [0.3, 0.4) is 0 Å². The van der Waals surface area contributed by atoms with Crippen molar-refractivity contribution < 1.29 is 35.8 Å². The van der Waals surface area contributed by atoms with Gasteiger partial charge in [0, 0.05) is 11.5 Å². The number of amides is 2. The van der Waals surface area contributed by atoms with Crippen LogP contribution >= 0.6 is 0 Å².